The first-order chi connectivity index (χ1) is 5.77. The fourth-order valence-corrected chi connectivity index (χ4v) is 0.911. The van der Waals surface area contributed by atoms with E-state index in [0.717, 1.165) is 0 Å². The molecule has 0 aliphatic rings. The monoisotopic (exact) mass is 199 g/mol. The fourth-order valence-electron chi connectivity index (χ4n) is 0.911. The van der Waals surface area contributed by atoms with Crippen LogP contribution in [-0.4, -0.2) is 11.1 Å². The van der Waals surface area contributed by atoms with Gasteiger partial charge in [-0.1, -0.05) is 0 Å². The van der Waals surface area contributed by atoms with Gasteiger partial charge in [0.25, 0.3) is 5.56 Å². The minimum absolute atomic E-state index is 0. The number of nitrogens with zero attached hydrogens (tertiary/aromatic N) is 2. The lowest BCUT2D eigenvalue weighted by atomic mass is 10.3. The SMILES string of the molecule is Cl.N#Cc1ccc(=O)n(CCN)c1. The van der Waals surface area contributed by atoms with Crippen LogP contribution in [0.15, 0.2) is 23.1 Å². The minimum Gasteiger partial charge on any atom is -0.329 e. The van der Waals surface area contributed by atoms with Gasteiger partial charge in [-0.3, -0.25) is 4.79 Å². The molecule has 2 N–H and O–H groups in total. The van der Waals surface area contributed by atoms with Gasteiger partial charge in [-0.05, 0) is 6.07 Å². The summed E-state index contributed by atoms with van der Waals surface area (Å²) in [6, 6.07) is 4.82. The highest BCUT2D eigenvalue weighted by molar-refractivity contribution is 5.85. The zero-order chi connectivity index (χ0) is 8.97. The molecule has 1 aromatic rings. The third-order valence-electron chi connectivity index (χ3n) is 1.48. The van der Waals surface area contributed by atoms with Crippen molar-refractivity contribution in [3.63, 3.8) is 0 Å². The fraction of sp³-hybridized carbons (Fsp3) is 0.250. The molecule has 0 unspecified atom stereocenters. The van der Waals surface area contributed by atoms with Gasteiger partial charge in [0.05, 0.1) is 5.56 Å². The summed E-state index contributed by atoms with van der Waals surface area (Å²) in [7, 11) is 0. The van der Waals surface area contributed by atoms with Crippen LogP contribution in [-0.2, 0) is 6.54 Å². The average molecular weight is 200 g/mol. The number of nitrogens with two attached hydrogens (primary N) is 1. The van der Waals surface area contributed by atoms with Gasteiger partial charge in [0.2, 0.25) is 0 Å². The molecule has 0 aliphatic carbocycles. The van der Waals surface area contributed by atoms with Crippen molar-refractivity contribution in [1.29, 1.82) is 5.26 Å². The summed E-state index contributed by atoms with van der Waals surface area (Å²) >= 11 is 0. The Labute approximate surface area is 82.0 Å². The standard InChI is InChI=1S/C8H9N3O.ClH/c9-3-4-11-6-7(5-10)1-2-8(11)12;/h1-2,6H,3-4,9H2;1H. The largest absolute Gasteiger partial charge is 0.329 e. The summed E-state index contributed by atoms with van der Waals surface area (Å²) in [5, 5.41) is 8.52. The van der Waals surface area contributed by atoms with Crippen molar-refractivity contribution in [3.8, 4) is 6.07 Å². The summed E-state index contributed by atoms with van der Waals surface area (Å²) in [5.41, 5.74) is 5.63. The van der Waals surface area contributed by atoms with Crippen LogP contribution in [0.1, 0.15) is 5.56 Å². The molecule has 1 heterocycles. The lowest BCUT2D eigenvalue weighted by Gasteiger charge is -2.01. The van der Waals surface area contributed by atoms with E-state index >= 15 is 0 Å². The number of rotatable bonds is 2. The van der Waals surface area contributed by atoms with E-state index in [1.165, 1.54) is 22.9 Å². The molecule has 0 atom stereocenters. The van der Waals surface area contributed by atoms with Crippen molar-refractivity contribution >= 4 is 12.4 Å². The van der Waals surface area contributed by atoms with E-state index in [4.69, 9.17) is 11.0 Å². The molecule has 0 radical (unpaired) electrons. The van der Waals surface area contributed by atoms with Gasteiger partial charge in [-0.2, -0.15) is 5.26 Å². The highest BCUT2D eigenvalue weighted by Gasteiger charge is 1.95. The van der Waals surface area contributed by atoms with Crippen LogP contribution in [0.4, 0.5) is 0 Å². The van der Waals surface area contributed by atoms with Crippen molar-refractivity contribution in [2.45, 2.75) is 6.54 Å². The van der Waals surface area contributed by atoms with E-state index in [0.29, 0.717) is 18.7 Å². The Balaban J connectivity index is 0.00000144. The first-order valence-corrected chi connectivity index (χ1v) is 3.58. The molecule has 70 valence electrons. The Morgan fingerprint density at radius 2 is 2.23 bits per heavy atom. The van der Waals surface area contributed by atoms with Crippen molar-refractivity contribution in [2.24, 2.45) is 5.73 Å². The van der Waals surface area contributed by atoms with Gasteiger partial charge in [0, 0.05) is 25.4 Å². The first-order valence-electron chi connectivity index (χ1n) is 3.58. The molecule has 0 saturated carbocycles. The van der Waals surface area contributed by atoms with E-state index in [9.17, 15) is 4.79 Å². The van der Waals surface area contributed by atoms with Crippen LogP contribution in [0, 0.1) is 11.3 Å². The lowest BCUT2D eigenvalue weighted by Crippen LogP contribution is -2.22. The first kappa shape index (κ1) is 11.7. The zero-order valence-corrected chi connectivity index (χ0v) is 7.75. The Morgan fingerprint density at radius 3 is 2.77 bits per heavy atom. The maximum absolute atomic E-state index is 11.1. The second kappa shape index (κ2) is 5.36. The van der Waals surface area contributed by atoms with Crippen LogP contribution in [0.3, 0.4) is 0 Å². The normalized spacial score (nSPS) is 8.62. The summed E-state index contributed by atoms with van der Waals surface area (Å²) in [6.45, 7) is 0.850. The molecule has 13 heavy (non-hydrogen) atoms. The van der Waals surface area contributed by atoms with E-state index in [1.54, 1.807) is 0 Å². The summed E-state index contributed by atoms with van der Waals surface area (Å²) in [6.07, 6.45) is 1.51. The molecule has 1 aromatic heterocycles. The van der Waals surface area contributed by atoms with Gasteiger partial charge in [0.15, 0.2) is 0 Å². The Hall–Kier alpha value is -1.31. The number of hydrogen-bond acceptors (Lipinski definition) is 3. The molecule has 1 rings (SSSR count). The zero-order valence-electron chi connectivity index (χ0n) is 6.93. The van der Waals surface area contributed by atoms with E-state index < -0.39 is 0 Å². The molecule has 0 amide bonds. The predicted molar refractivity (Wildman–Crippen MR) is 51.7 cm³/mol. The quantitative estimate of drug-likeness (QED) is 0.735. The maximum atomic E-state index is 11.1. The van der Waals surface area contributed by atoms with Gasteiger partial charge in [0.1, 0.15) is 6.07 Å². The maximum Gasteiger partial charge on any atom is 0.250 e. The number of hydrogen-bond donors (Lipinski definition) is 1. The van der Waals surface area contributed by atoms with Crippen molar-refractivity contribution in [3.05, 3.63) is 34.2 Å². The molecule has 5 heteroatoms. The van der Waals surface area contributed by atoms with Gasteiger partial charge in [-0.15, -0.1) is 12.4 Å². The average Bonchev–Trinajstić information content (AvgIpc) is 2.09. The van der Waals surface area contributed by atoms with E-state index in [-0.39, 0.29) is 18.0 Å². The summed E-state index contributed by atoms with van der Waals surface area (Å²) < 4.78 is 1.43. The van der Waals surface area contributed by atoms with Gasteiger partial charge >= 0.3 is 0 Å². The molecular formula is C8H10ClN3O. The number of aromatic nitrogens is 1. The lowest BCUT2D eigenvalue weighted by molar-refractivity contribution is 0.679. The molecule has 4 nitrogen and oxygen atoms in total. The van der Waals surface area contributed by atoms with Crippen LogP contribution in [0.5, 0.6) is 0 Å². The second-order valence-corrected chi connectivity index (χ2v) is 2.35. The van der Waals surface area contributed by atoms with Crippen molar-refractivity contribution in [2.75, 3.05) is 6.54 Å². The summed E-state index contributed by atoms with van der Waals surface area (Å²) in [5.74, 6) is 0. The number of nitriles is 1. The molecular weight excluding hydrogens is 190 g/mol. The molecule has 0 aromatic carbocycles. The Kier molecular flexibility index (Phi) is 4.82. The van der Waals surface area contributed by atoms with Crippen molar-refractivity contribution in [1.82, 2.24) is 4.57 Å². The van der Waals surface area contributed by atoms with Crippen LogP contribution in [0.2, 0.25) is 0 Å². The van der Waals surface area contributed by atoms with Crippen molar-refractivity contribution < 1.29 is 0 Å². The number of halogens is 1. The third kappa shape index (κ3) is 2.90. The van der Waals surface area contributed by atoms with Gasteiger partial charge in [-0.25, -0.2) is 0 Å². The van der Waals surface area contributed by atoms with Gasteiger partial charge < -0.3 is 10.3 Å². The minimum atomic E-state index is -0.126. The highest BCUT2D eigenvalue weighted by Crippen LogP contribution is 1.91. The molecule has 0 spiro atoms. The second-order valence-electron chi connectivity index (χ2n) is 2.35. The topological polar surface area (TPSA) is 71.8 Å². The smallest absolute Gasteiger partial charge is 0.250 e. The number of pyridine rings is 1. The molecule has 0 saturated heterocycles. The molecule has 0 aliphatic heterocycles. The van der Waals surface area contributed by atoms with Crippen LogP contribution in [0.25, 0.3) is 0 Å². The molecule has 0 bridgehead atoms. The highest BCUT2D eigenvalue weighted by atomic mass is 35.5. The Bertz CT molecular complexity index is 366. The third-order valence-corrected chi connectivity index (χ3v) is 1.48. The summed E-state index contributed by atoms with van der Waals surface area (Å²) in [4.78, 5) is 11.1. The van der Waals surface area contributed by atoms with E-state index in [2.05, 4.69) is 0 Å². The predicted octanol–water partition coefficient (Wildman–Crippen LogP) is 0.100. The molecule has 0 fully saturated rings. The van der Waals surface area contributed by atoms with E-state index in [1.807, 2.05) is 6.07 Å². The Morgan fingerprint density at radius 1 is 1.54 bits per heavy atom. The van der Waals surface area contributed by atoms with Crippen LogP contribution >= 0.6 is 12.4 Å². The van der Waals surface area contributed by atoms with Crippen LogP contribution < -0.4 is 11.3 Å².